The Morgan fingerprint density at radius 3 is 3.10 bits per heavy atom. The first-order valence-corrected chi connectivity index (χ1v) is 10.9. The van der Waals surface area contributed by atoms with Crippen molar-refractivity contribution >= 4 is 22.9 Å². The first-order valence-electron chi connectivity index (χ1n) is 9.97. The molecule has 1 fully saturated rings. The molecule has 1 aromatic carbocycles. The molecule has 164 valence electrons. The van der Waals surface area contributed by atoms with Crippen molar-refractivity contribution in [3.05, 3.63) is 52.5 Å². The number of aryl methyl sites for hydroxylation is 1. The van der Waals surface area contributed by atoms with Gasteiger partial charge in [-0.2, -0.15) is 5.10 Å². The lowest BCUT2D eigenvalue weighted by Crippen LogP contribution is -2.32. The van der Waals surface area contributed by atoms with Crippen LogP contribution in [0.3, 0.4) is 0 Å². The fourth-order valence-corrected chi connectivity index (χ4v) is 4.27. The third kappa shape index (κ3) is 4.97. The normalized spacial score (nSPS) is 21.6. The van der Waals surface area contributed by atoms with Crippen molar-refractivity contribution in [2.24, 2.45) is 5.73 Å². The highest BCUT2D eigenvalue weighted by Crippen LogP contribution is 2.28. The number of nitrogens with two attached hydrogens (primary N) is 1. The maximum absolute atomic E-state index is 14.1. The first kappa shape index (κ1) is 21.5. The summed E-state index contributed by atoms with van der Waals surface area (Å²) in [6.07, 6.45) is 1.68. The molecule has 4 N–H and O–H groups in total. The Kier molecular flexibility index (Phi) is 6.40. The number of amides is 1. The second-order valence-corrected chi connectivity index (χ2v) is 8.51. The van der Waals surface area contributed by atoms with Crippen LogP contribution in [0.25, 0.3) is 10.6 Å². The Hall–Kier alpha value is -2.69. The van der Waals surface area contributed by atoms with Gasteiger partial charge in [0.2, 0.25) is 0 Å². The van der Waals surface area contributed by atoms with Gasteiger partial charge >= 0.3 is 0 Å². The molecule has 2 aromatic heterocycles. The summed E-state index contributed by atoms with van der Waals surface area (Å²) >= 11 is 1.20. The summed E-state index contributed by atoms with van der Waals surface area (Å²) in [7, 11) is 0. The van der Waals surface area contributed by atoms with E-state index in [1.807, 2.05) is 6.92 Å². The van der Waals surface area contributed by atoms with Gasteiger partial charge in [0.25, 0.3) is 5.91 Å². The zero-order valence-corrected chi connectivity index (χ0v) is 17.7. The highest BCUT2D eigenvalue weighted by molar-refractivity contribution is 7.13. The van der Waals surface area contributed by atoms with E-state index in [9.17, 15) is 13.6 Å². The lowest BCUT2D eigenvalue weighted by atomic mass is 10.0. The topological polar surface area (TPSA) is 106 Å². The van der Waals surface area contributed by atoms with Crippen molar-refractivity contribution in [3.8, 4) is 10.6 Å². The number of aromatic nitrogens is 3. The number of halogens is 2. The molecule has 0 aliphatic carbocycles. The van der Waals surface area contributed by atoms with E-state index in [1.54, 1.807) is 17.5 Å². The molecule has 4 rings (SSSR count). The van der Waals surface area contributed by atoms with Gasteiger partial charge in [-0.3, -0.25) is 9.89 Å². The van der Waals surface area contributed by atoms with Crippen molar-refractivity contribution in [1.82, 2.24) is 15.2 Å². The predicted molar refractivity (Wildman–Crippen MR) is 114 cm³/mol. The van der Waals surface area contributed by atoms with Crippen molar-refractivity contribution in [2.75, 3.05) is 11.9 Å². The molecule has 0 saturated carbocycles. The number of hydrogen-bond acceptors (Lipinski definition) is 6. The third-order valence-corrected chi connectivity index (χ3v) is 6.14. The lowest BCUT2D eigenvalue weighted by molar-refractivity contribution is 0.0295. The maximum Gasteiger partial charge on any atom is 0.275 e. The lowest BCUT2D eigenvalue weighted by Gasteiger charge is -2.15. The number of anilines is 1. The van der Waals surface area contributed by atoms with E-state index in [0.29, 0.717) is 41.2 Å². The summed E-state index contributed by atoms with van der Waals surface area (Å²) in [6, 6.07) is 4.24. The largest absolute Gasteiger partial charge is 0.375 e. The summed E-state index contributed by atoms with van der Waals surface area (Å²) < 4.78 is 33.5. The Bertz CT molecular complexity index is 1060. The van der Waals surface area contributed by atoms with E-state index in [4.69, 9.17) is 10.5 Å². The molecular weight excluding hydrogens is 424 g/mol. The van der Waals surface area contributed by atoms with Gasteiger partial charge < -0.3 is 15.8 Å². The molecule has 1 amide bonds. The average Bonchev–Trinajstić information content (AvgIpc) is 3.37. The van der Waals surface area contributed by atoms with Gasteiger partial charge in [0.15, 0.2) is 0 Å². The van der Waals surface area contributed by atoms with Gasteiger partial charge in [-0.05, 0) is 31.9 Å². The predicted octanol–water partition coefficient (Wildman–Crippen LogP) is 3.62. The number of alkyl halides is 1. The van der Waals surface area contributed by atoms with Crippen molar-refractivity contribution in [2.45, 2.75) is 44.5 Å². The molecule has 10 heteroatoms. The minimum Gasteiger partial charge on any atom is -0.375 e. The molecule has 31 heavy (non-hydrogen) atoms. The quantitative estimate of drug-likeness (QED) is 0.554. The van der Waals surface area contributed by atoms with Crippen molar-refractivity contribution < 1.29 is 18.3 Å². The molecule has 1 saturated heterocycles. The van der Waals surface area contributed by atoms with Crippen LogP contribution in [-0.4, -0.2) is 46.0 Å². The van der Waals surface area contributed by atoms with E-state index < -0.39 is 18.1 Å². The van der Waals surface area contributed by atoms with Crippen LogP contribution in [0.4, 0.5) is 14.5 Å². The molecule has 1 aliphatic heterocycles. The Morgan fingerprint density at radius 2 is 2.26 bits per heavy atom. The number of carbonyl (C=O) groups excluding carboxylic acids is 1. The summed E-state index contributed by atoms with van der Waals surface area (Å²) in [5.74, 6) is -0.812. The molecule has 1 aliphatic rings. The van der Waals surface area contributed by atoms with E-state index >= 15 is 0 Å². The van der Waals surface area contributed by atoms with Crippen LogP contribution in [0.15, 0.2) is 29.8 Å². The Balaban J connectivity index is 1.44. The summed E-state index contributed by atoms with van der Waals surface area (Å²) in [5, 5.41) is 11.7. The minimum absolute atomic E-state index is 0.0429. The second kappa shape index (κ2) is 9.21. The summed E-state index contributed by atoms with van der Waals surface area (Å²) in [5.41, 5.74) is 8.39. The second-order valence-electron chi connectivity index (χ2n) is 7.65. The van der Waals surface area contributed by atoms with Gasteiger partial charge in [0.1, 0.15) is 22.7 Å². The van der Waals surface area contributed by atoms with Crippen LogP contribution in [0.2, 0.25) is 0 Å². The number of H-pyrrole nitrogens is 1. The fraction of sp³-hybridized carbons (Fsp3) is 0.381. The number of carbonyl (C=O) groups is 1. The standard InChI is InChI=1S/C21H23F2N5O2S/c1-11-2-4-14(22)13(6-11)21-27-19(10-31-21)20(29)26-18-8-25-28-17(18)7-12-3-5-16(24)15(23)9-30-12/h2,4,6,8,10,12,15-16H,3,5,7,9,24H2,1H3,(H,25,28)(H,26,29)/t12-,15+,16+/m0/s1. The number of ether oxygens (including phenoxy) is 1. The van der Waals surface area contributed by atoms with Crippen LogP contribution in [0, 0.1) is 12.7 Å². The van der Waals surface area contributed by atoms with Gasteiger partial charge in [-0.15, -0.1) is 11.3 Å². The Labute approximate surface area is 182 Å². The zero-order chi connectivity index (χ0) is 22.0. The number of hydrogen-bond donors (Lipinski definition) is 3. The van der Waals surface area contributed by atoms with Crippen LogP contribution in [0.5, 0.6) is 0 Å². The highest BCUT2D eigenvalue weighted by atomic mass is 32.1. The van der Waals surface area contributed by atoms with Gasteiger partial charge in [0, 0.05) is 23.4 Å². The summed E-state index contributed by atoms with van der Waals surface area (Å²) in [4.78, 5) is 17.0. The highest BCUT2D eigenvalue weighted by Gasteiger charge is 2.26. The fourth-order valence-electron chi connectivity index (χ4n) is 3.45. The van der Waals surface area contributed by atoms with Gasteiger partial charge in [0.05, 0.1) is 30.3 Å². The van der Waals surface area contributed by atoms with E-state index in [0.717, 1.165) is 5.56 Å². The molecule has 0 spiro atoms. The molecule has 7 nitrogen and oxygen atoms in total. The number of benzene rings is 1. The molecule has 3 aromatic rings. The first-order chi connectivity index (χ1) is 14.9. The number of nitrogens with one attached hydrogen (secondary N) is 2. The van der Waals surface area contributed by atoms with Gasteiger partial charge in [-0.25, -0.2) is 13.8 Å². The number of nitrogens with zero attached hydrogens (tertiary/aromatic N) is 2. The monoisotopic (exact) mass is 447 g/mol. The van der Waals surface area contributed by atoms with E-state index in [1.165, 1.54) is 23.6 Å². The number of rotatable bonds is 5. The molecule has 0 radical (unpaired) electrons. The van der Waals surface area contributed by atoms with E-state index in [-0.39, 0.29) is 24.2 Å². The third-order valence-electron chi connectivity index (χ3n) is 5.27. The number of thiazole rings is 1. The number of aromatic amines is 1. The molecule has 3 atom stereocenters. The molecule has 0 bridgehead atoms. The summed E-state index contributed by atoms with van der Waals surface area (Å²) in [6.45, 7) is 1.82. The van der Waals surface area contributed by atoms with Crippen molar-refractivity contribution in [3.63, 3.8) is 0 Å². The van der Waals surface area contributed by atoms with E-state index in [2.05, 4.69) is 20.5 Å². The Morgan fingerprint density at radius 1 is 1.42 bits per heavy atom. The molecule has 0 unspecified atom stereocenters. The van der Waals surface area contributed by atoms with Crippen molar-refractivity contribution in [1.29, 1.82) is 0 Å². The van der Waals surface area contributed by atoms with Crippen LogP contribution in [0.1, 0.15) is 34.6 Å². The average molecular weight is 448 g/mol. The van der Waals surface area contributed by atoms with Crippen LogP contribution < -0.4 is 11.1 Å². The molecule has 3 heterocycles. The van der Waals surface area contributed by atoms with Crippen LogP contribution in [-0.2, 0) is 11.2 Å². The molecular formula is C21H23F2N5O2S. The SMILES string of the molecule is Cc1ccc(F)c(-c2nc(C(=O)Nc3cn[nH]c3C[C@@H]3CC[C@@H](N)[C@H](F)CO3)cs2)c1. The zero-order valence-electron chi connectivity index (χ0n) is 16.9. The van der Waals surface area contributed by atoms with Crippen LogP contribution >= 0.6 is 11.3 Å². The van der Waals surface area contributed by atoms with Gasteiger partial charge in [-0.1, -0.05) is 11.6 Å². The maximum atomic E-state index is 14.1. The smallest absolute Gasteiger partial charge is 0.275 e. The minimum atomic E-state index is -1.18.